The SMILES string of the molecule is CC(CS(C)(=O)=O)N(C(=O)c1cc2c(F)cc(Br)cc2[nH]1)C1CC1. The molecule has 1 aromatic carbocycles. The highest BCUT2D eigenvalue weighted by atomic mass is 79.9. The molecule has 0 saturated heterocycles. The van der Waals surface area contributed by atoms with Crippen LogP contribution in [-0.2, 0) is 9.84 Å². The van der Waals surface area contributed by atoms with E-state index in [2.05, 4.69) is 20.9 Å². The fourth-order valence-electron chi connectivity index (χ4n) is 3.01. The molecule has 1 saturated carbocycles. The number of carbonyl (C=O) groups is 1. The van der Waals surface area contributed by atoms with Gasteiger partial charge in [-0.05, 0) is 38.0 Å². The lowest BCUT2D eigenvalue weighted by molar-refractivity contribution is 0.0687. The van der Waals surface area contributed by atoms with Crippen LogP contribution >= 0.6 is 15.9 Å². The molecule has 3 rings (SSSR count). The summed E-state index contributed by atoms with van der Waals surface area (Å²) in [7, 11) is -3.20. The van der Waals surface area contributed by atoms with Crippen LogP contribution in [0, 0.1) is 5.82 Å². The van der Waals surface area contributed by atoms with Gasteiger partial charge in [-0.1, -0.05) is 15.9 Å². The fraction of sp³-hybridized carbons (Fsp3) is 0.438. The Bertz CT molecular complexity index is 905. The van der Waals surface area contributed by atoms with Crippen LogP contribution < -0.4 is 0 Å². The Hall–Kier alpha value is -1.41. The molecule has 0 bridgehead atoms. The van der Waals surface area contributed by atoms with Crippen LogP contribution in [0.4, 0.5) is 4.39 Å². The number of aromatic nitrogens is 1. The van der Waals surface area contributed by atoms with Gasteiger partial charge in [0.25, 0.3) is 5.91 Å². The average molecular weight is 417 g/mol. The second-order valence-electron chi connectivity index (χ2n) is 6.42. The van der Waals surface area contributed by atoms with E-state index in [9.17, 15) is 17.6 Å². The van der Waals surface area contributed by atoms with Gasteiger partial charge in [-0.25, -0.2) is 12.8 Å². The number of nitrogens with zero attached hydrogens (tertiary/aromatic N) is 1. The van der Waals surface area contributed by atoms with E-state index < -0.39 is 21.7 Å². The number of amides is 1. The second-order valence-corrected chi connectivity index (χ2v) is 9.52. The molecule has 1 amide bonds. The van der Waals surface area contributed by atoms with Crippen LogP contribution in [0.25, 0.3) is 10.9 Å². The number of rotatable bonds is 5. The summed E-state index contributed by atoms with van der Waals surface area (Å²) in [6.07, 6.45) is 2.88. The summed E-state index contributed by atoms with van der Waals surface area (Å²) in [5.41, 5.74) is 0.797. The first-order chi connectivity index (χ1) is 11.2. The molecule has 1 fully saturated rings. The summed E-state index contributed by atoms with van der Waals surface area (Å²) in [4.78, 5) is 17.4. The van der Waals surface area contributed by atoms with Crippen LogP contribution in [0.5, 0.6) is 0 Å². The highest BCUT2D eigenvalue weighted by molar-refractivity contribution is 9.10. The lowest BCUT2D eigenvalue weighted by Crippen LogP contribution is -2.43. The highest BCUT2D eigenvalue weighted by Crippen LogP contribution is 2.31. The maximum Gasteiger partial charge on any atom is 0.270 e. The van der Waals surface area contributed by atoms with Gasteiger partial charge in [0.1, 0.15) is 21.3 Å². The maximum absolute atomic E-state index is 14.0. The molecule has 1 unspecified atom stereocenters. The summed E-state index contributed by atoms with van der Waals surface area (Å²) in [5.74, 6) is -0.799. The molecule has 24 heavy (non-hydrogen) atoms. The molecule has 130 valence electrons. The van der Waals surface area contributed by atoms with E-state index in [1.54, 1.807) is 17.9 Å². The summed E-state index contributed by atoms with van der Waals surface area (Å²) in [5, 5.41) is 0.341. The Labute approximate surface area is 148 Å². The third-order valence-electron chi connectivity index (χ3n) is 4.08. The molecule has 5 nitrogen and oxygen atoms in total. The van der Waals surface area contributed by atoms with E-state index >= 15 is 0 Å². The van der Waals surface area contributed by atoms with Crippen molar-refractivity contribution in [2.75, 3.05) is 12.0 Å². The van der Waals surface area contributed by atoms with Crippen molar-refractivity contribution in [2.45, 2.75) is 31.8 Å². The van der Waals surface area contributed by atoms with Gasteiger partial charge in [0.15, 0.2) is 0 Å². The Morgan fingerprint density at radius 3 is 2.67 bits per heavy atom. The van der Waals surface area contributed by atoms with Crippen LogP contribution in [0.2, 0.25) is 0 Å². The highest BCUT2D eigenvalue weighted by Gasteiger charge is 2.37. The van der Waals surface area contributed by atoms with Gasteiger partial charge in [0, 0.05) is 28.2 Å². The number of hydrogen-bond acceptors (Lipinski definition) is 3. The van der Waals surface area contributed by atoms with Gasteiger partial charge in [-0.15, -0.1) is 0 Å². The standard InChI is InChI=1S/C16H18BrFN2O3S/c1-9(8-24(2,22)23)20(11-3-4-11)16(21)15-7-12-13(18)5-10(17)6-14(12)19-15/h5-7,9,11,19H,3-4,8H2,1-2H3. The minimum Gasteiger partial charge on any atom is -0.350 e. The topological polar surface area (TPSA) is 70.2 Å². The van der Waals surface area contributed by atoms with E-state index in [-0.39, 0.29) is 23.4 Å². The normalized spacial score (nSPS) is 16.3. The quantitative estimate of drug-likeness (QED) is 0.813. The van der Waals surface area contributed by atoms with Gasteiger partial charge >= 0.3 is 0 Å². The molecular formula is C16H18BrFN2O3S. The molecule has 0 aliphatic heterocycles. The van der Waals surface area contributed by atoms with Crippen molar-refractivity contribution in [3.63, 3.8) is 0 Å². The van der Waals surface area contributed by atoms with Crippen LogP contribution in [-0.4, -0.2) is 48.3 Å². The lowest BCUT2D eigenvalue weighted by atomic mass is 10.2. The van der Waals surface area contributed by atoms with Crippen molar-refractivity contribution in [1.82, 2.24) is 9.88 Å². The van der Waals surface area contributed by atoms with Gasteiger partial charge in [0.05, 0.1) is 11.3 Å². The molecule has 1 heterocycles. The number of nitrogens with one attached hydrogen (secondary N) is 1. The minimum atomic E-state index is -3.20. The smallest absolute Gasteiger partial charge is 0.270 e. The Balaban J connectivity index is 1.95. The van der Waals surface area contributed by atoms with Gasteiger partial charge in [-0.3, -0.25) is 4.79 Å². The summed E-state index contributed by atoms with van der Waals surface area (Å²) < 4.78 is 37.7. The van der Waals surface area contributed by atoms with Crippen molar-refractivity contribution in [3.05, 3.63) is 34.2 Å². The Morgan fingerprint density at radius 1 is 1.42 bits per heavy atom. The van der Waals surface area contributed by atoms with Crippen molar-refractivity contribution in [3.8, 4) is 0 Å². The van der Waals surface area contributed by atoms with E-state index in [1.807, 2.05) is 0 Å². The first kappa shape index (κ1) is 17.4. The second kappa shape index (κ2) is 6.15. The number of aromatic amines is 1. The minimum absolute atomic E-state index is 0.0530. The van der Waals surface area contributed by atoms with Crippen molar-refractivity contribution >= 4 is 42.6 Å². The number of H-pyrrole nitrogens is 1. The van der Waals surface area contributed by atoms with E-state index in [1.165, 1.54) is 12.1 Å². The van der Waals surface area contributed by atoms with Crippen molar-refractivity contribution in [2.24, 2.45) is 0 Å². The number of carbonyl (C=O) groups excluding carboxylic acids is 1. The molecule has 1 N–H and O–H groups in total. The fourth-order valence-corrected chi connectivity index (χ4v) is 4.48. The Morgan fingerprint density at radius 2 is 2.08 bits per heavy atom. The predicted molar refractivity (Wildman–Crippen MR) is 94.3 cm³/mol. The van der Waals surface area contributed by atoms with Crippen LogP contribution in [0.1, 0.15) is 30.3 Å². The van der Waals surface area contributed by atoms with Crippen molar-refractivity contribution in [1.29, 1.82) is 0 Å². The molecule has 2 aromatic rings. The van der Waals surface area contributed by atoms with Gasteiger partial charge in [-0.2, -0.15) is 0 Å². The monoisotopic (exact) mass is 416 g/mol. The van der Waals surface area contributed by atoms with E-state index in [0.29, 0.717) is 15.4 Å². The zero-order chi connectivity index (χ0) is 17.6. The predicted octanol–water partition coefficient (Wildman–Crippen LogP) is 3.11. The largest absolute Gasteiger partial charge is 0.350 e. The first-order valence-electron chi connectivity index (χ1n) is 7.64. The third-order valence-corrected chi connectivity index (χ3v) is 5.62. The molecule has 1 aromatic heterocycles. The summed E-state index contributed by atoms with van der Waals surface area (Å²) in [6.45, 7) is 1.73. The third kappa shape index (κ3) is 3.64. The number of hydrogen-bond donors (Lipinski definition) is 1. The average Bonchev–Trinajstić information content (AvgIpc) is 3.14. The summed E-state index contributed by atoms with van der Waals surface area (Å²) in [6, 6.07) is 4.16. The molecule has 1 aliphatic rings. The molecular weight excluding hydrogens is 399 g/mol. The zero-order valence-electron chi connectivity index (χ0n) is 13.3. The molecule has 1 aliphatic carbocycles. The molecule has 0 spiro atoms. The van der Waals surface area contributed by atoms with E-state index in [0.717, 1.165) is 19.1 Å². The molecule has 1 atom stereocenters. The Kier molecular flexibility index (Phi) is 4.46. The van der Waals surface area contributed by atoms with Gasteiger partial charge < -0.3 is 9.88 Å². The number of benzene rings is 1. The first-order valence-corrected chi connectivity index (χ1v) is 10.5. The zero-order valence-corrected chi connectivity index (χ0v) is 15.7. The van der Waals surface area contributed by atoms with E-state index in [4.69, 9.17) is 0 Å². The van der Waals surface area contributed by atoms with Gasteiger partial charge in [0.2, 0.25) is 0 Å². The molecule has 0 radical (unpaired) electrons. The van der Waals surface area contributed by atoms with Crippen LogP contribution in [0.15, 0.2) is 22.7 Å². The molecule has 8 heteroatoms. The number of fused-ring (bicyclic) bond motifs is 1. The van der Waals surface area contributed by atoms with Crippen LogP contribution in [0.3, 0.4) is 0 Å². The van der Waals surface area contributed by atoms with Crippen molar-refractivity contribution < 1.29 is 17.6 Å². The summed E-state index contributed by atoms with van der Waals surface area (Å²) >= 11 is 3.23. The maximum atomic E-state index is 14.0. The number of sulfone groups is 1. The lowest BCUT2D eigenvalue weighted by Gasteiger charge is -2.28. The number of halogens is 2.